The number of nitrogens with two attached hydrogens (primary N) is 1. The molecule has 1 atom stereocenters. The Morgan fingerprint density at radius 2 is 1.89 bits per heavy atom. The van der Waals surface area contributed by atoms with Gasteiger partial charge in [-0.15, -0.1) is 0 Å². The number of aromatic nitrogens is 1. The van der Waals surface area contributed by atoms with Gasteiger partial charge < -0.3 is 35.1 Å². The van der Waals surface area contributed by atoms with Crippen LogP contribution in [0.25, 0.3) is 11.1 Å². The molecule has 1 unspecified atom stereocenters. The molecular weight excluding hydrogens is 364 g/mol. The van der Waals surface area contributed by atoms with Crippen molar-refractivity contribution in [1.82, 2.24) is 4.98 Å². The number of H-pyrrole nitrogens is 1. The second-order valence-corrected chi connectivity index (χ2v) is 6.78. The topological polar surface area (TPSA) is 127 Å². The first-order valence-corrected chi connectivity index (χ1v) is 9.13. The van der Waals surface area contributed by atoms with Crippen molar-refractivity contribution in [1.29, 1.82) is 0 Å². The molecule has 1 saturated carbocycles. The number of aliphatic hydroxyl groups is 1. The number of hydrogen-bond donors (Lipinski definition) is 4. The number of carbonyl (C=O) groups is 1. The SMILES string of the molecule is COc1ccc(-c2c(CCN)[nH]c(C(=O)O)c2C(O)C2CC2)c(OC)c1OC. The highest BCUT2D eigenvalue weighted by Gasteiger charge is 2.38. The molecule has 152 valence electrons. The second kappa shape index (κ2) is 8.12. The van der Waals surface area contributed by atoms with Crippen LogP contribution in [0.15, 0.2) is 12.1 Å². The first kappa shape index (κ1) is 20.0. The predicted octanol–water partition coefficient (Wildman–Crippen LogP) is 2.35. The van der Waals surface area contributed by atoms with E-state index in [1.54, 1.807) is 12.1 Å². The Kier molecular flexibility index (Phi) is 5.81. The number of ether oxygens (including phenoxy) is 3. The molecule has 1 fully saturated rings. The zero-order valence-corrected chi connectivity index (χ0v) is 16.2. The maximum atomic E-state index is 11.9. The van der Waals surface area contributed by atoms with Gasteiger partial charge in [-0.05, 0) is 37.4 Å². The largest absolute Gasteiger partial charge is 0.493 e. The van der Waals surface area contributed by atoms with Gasteiger partial charge in [-0.3, -0.25) is 0 Å². The molecular formula is C20H26N2O6. The minimum Gasteiger partial charge on any atom is -0.493 e. The minimum atomic E-state index is -1.13. The number of aromatic carboxylic acids is 1. The maximum absolute atomic E-state index is 11.9. The number of carboxylic acid groups (broad SMARTS) is 1. The lowest BCUT2D eigenvalue weighted by atomic mass is 9.92. The van der Waals surface area contributed by atoms with Gasteiger partial charge in [0.25, 0.3) is 0 Å². The first-order chi connectivity index (χ1) is 13.5. The van der Waals surface area contributed by atoms with Crippen LogP contribution < -0.4 is 19.9 Å². The number of aliphatic hydroxyl groups excluding tert-OH is 1. The predicted molar refractivity (Wildman–Crippen MR) is 103 cm³/mol. The highest BCUT2D eigenvalue weighted by atomic mass is 16.5. The van der Waals surface area contributed by atoms with Crippen molar-refractivity contribution in [3.8, 4) is 28.4 Å². The van der Waals surface area contributed by atoms with Gasteiger partial charge in [-0.2, -0.15) is 0 Å². The van der Waals surface area contributed by atoms with Crippen LogP contribution in [-0.2, 0) is 6.42 Å². The number of rotatable bonds is 9. The van der Waals surface area contributed by atoms with Crippen molar-refractivity contribution in [3.05, 3.63) is 29.1 Å². The molecule has 8 nitrogen and oxygen atoms in total. The summed E-state index contributed by atoms with van der Waals surface area (Å²) >= 11 is 0. The average Bonchev–Trinajstić information content (AvgIpc) is 3.47. The Morgan fingerprint density at radius 1 is 1.21 bits per heavy atom. The molecule has 1 aromatic carbocycles. The van der Waals surface area contributed by atoms with Gasteiger partial charge in [0.15, 0.2) is 11.5 Å². The number of hydrogen-bond acceptors (Lipinski definition) is 6. The molecule has 1 heterocycles. The van der Waals surface area contributed by atoms with Crippen LogP contribution in [0.2, 0.25) is 0 Å². The van der Waals surface area contributed by atoms with Crippen LogP contribution >= 0.6 is 0 Å². The Labute approximate surface area is 163 Å². The number of methoxy groups -OCH3 is 3. The third-order valence-corrected chi connectivity index (χ3v) is 5.06. The molecule has 0 radical (unpaired) electrons. The first-order valence-electron chi connectivity index (χ1n) is 9.13. The van der Waals surface area contributed by atoms with Crippen molar-refractivity contribution in [3.63, 3.8) is 0 Å². The molecule has 1 aromatic heterocycles. The van der Waals surface area contributed by atoms with Crippen LogP contribution in [0, 0.1) is 5.92 Å². The van der Waals surface area contributed by atoms with E-state index in [-0.39, 0.29) is 11.6 Å². The Balaban J connectivity index is 2.32. The van der Waals surface area contributed by atoms with E-state index in [2.05, 4.69) is 4.98 Å². The maximum Gasteiger partial charge on any atom is 0.352 e. The van der Waals surface area contributed by atoms with Gasteiger partial charge in [0, 0.05) is 28.8 Å². The van der Waals surface area contributed by atoms with E-state index in [4.69, 9.17) is 19.9 Å². The van der Waals surface area contributed by atoms with Gasteiger partial charge in [0.2, 0.25) is 5.75 Å². The lowest BCUT2D eigenvalue weighted by molar-refractivity contribution is 0.0681. The fourth-order valence-electron chi connectivity index (χ4n) is 3.62. The van der Waals surface area contributed by atoms with Crippen molar-refractivity contribution in [2.45, 2.75) is 25.4 Å². The zero-order chi connectivity index (χ0) is 20.4. The van der Waals surface area contributed by atoms with Crippen LogP contribution in [0.4, 0.5) is 0 Å². The summed E-state index contributed by atoms with van der Waals surface area (Å²) in [4.78, 5) is 14.9. The molecule has 0 amide bonds. The van der Waals surface area contributed by atoms with Gasteiger partial charge in [0.05, 0.1) is 27.4 Å². The van der Waals surface area contributed by atoms with E-state index in [1.807, 2.05) is 0 Å². The normalized spacial score (nSPS) is 14.6. The molecule has 0 bridgehead atoms. The quantitative estimate of drug-likeness (QED) is 0.517. The smallest absolute Gasteiger partial charge is 0.352 e. The molecule has 3 rings (SSSR count). The molecule has 1 aliphatic carbocycles. The van der Waals surface area contributed by atoms with E-state index in [0.29, 0.717) is 52.6 Å². The molecule has 0 spiro atoms. The van der Waals surface area contributed by atoms with Crippen molar-refractivity contribution < 1.29 is 29.2 Å². The summed E-state index contributed by atoms with van der Waals surface area (Å²) in [6, 6.07) is 3.50. The average molecular weight is 390 g/mol. The highest BCUT2D eigenvalue weighted by molar-refractivity contribution is 5.93. The summed E-state index contributed by atoms with van der Waals surface area (Å²) in [6.45, 7) is 0.321. The monoisotopic (exact) mass is 390 g/mol. The van der Waals surface area contributed by atoms with Crippen molar-refractivity contribution in [2.24, 2.45) is 11.7 Å². The van der Waals surface area contributed by atoms with E-state index in [9.17, 15) is 15.0 Å². The Morgan fingerprint density at radius 3 is 2.39 bits per heavy atom. The van der Waals surface area contributed by atoms with Crippen molar-refractivity contribution >= 4 is 5.97 Å². The zero-order valence-electron chi connectivity index (χ0n) is 16.2. The molecule has 28 heavy (non-hydrogen) atoms. The van der Waals surface area contributed by atoms with E-state index < -0.39 is 12.1 Å². The summed E-state index contributed by atoms with van der Waals surface area (Å²) in [5.74, 6) is 0.205. The second-order valence-electron chi connectivity index (χ2n) is 6.78. The van der Waals surface area contributed by atoms with Crippen molar-refractivity contribution in [2.75, 3.05) is 27.9 Å². The van der Waals surface area contributed by atoms with Crippen LogP contribution in [0.3, 0.4) is 0 Å². The third kappa shape index (κ3) is 3.41. The molecule has 0 aliphatic heterocycles. The highest BCUT2D eigenvalue weighted by Crippen LogP contribution is 2.50. The number of nitrogens with one attached hydrogen (secondary N) is 1. The summed E-state index contributed by atoms with van der Waals surface area (Å²) in [7, 11) is 4.54. The summed E-state index contributed by atoms with van der Waals surface area (Å²) in [5.41, 5.74) is 7.95. The van der Waals surface area contributed by atoms with Gasteiger partial charge in [0.1, 0.15) is 5.69 Å². The molecule has 1 aliphatic rings. The lowest BCUT2D eigenvalue weighted by Crippen LogP contribution is -2.08. The standard InChI is InChI=1S/C20H26N2O6/c1-26-13-7-6-11(18(27-2)19(13)28-3)14-12(8-9-21)22-16(20(24)25)15(14)17(23)10-4-5-10/h6-7,10,17,22-23H,4-5,8-9,21H2,1-3H3,(H,24,25). The molecule has 5 N–H and O–H groups in total. The fourth-order valence-corrected chi connectivity index (χ4v) is 3.62. The van der Waals surface area contributed by atoms with Gasteiger partial charge in [-0.1, -0.05) is 0 Å². The van der Waals surface area contributed by atoms with Gasteiger partial charge >= 0.3 is 5.97 Å². The number of carboxylic acids is 1. The third-order valence-electron chi connectivity index (χ3n) is 5.06. The minimum absolute atomic E-state index is 0.0188. The molecule has 2 aromatic rings. The molecule has 8 heteroatoms. The van der Waals surface area contributed by atoms with Gasteiger partial charge in [-0.25, -0.2) is 4.79 Å². The summed E-state index contributed by atoms with van der Waals surface area (Å²) < 4.78 is 16.4. The molecule has 0 saturated heterocycles. The Hall–Kier alpha value is -2.71. The van der Waals surface area contributed by atoms with Crippen LogP contribution in [0.5, 0.6) is 17.2 Å². The lowest BCUT2D eigenvalue weighted by Gasteiger charge is -2.19. The number of aromatic amines is 1. The summed E-state index contributed by atoms with van der Waals surface area (Å²) in [5, 5.41) is 20.6. The van der Waals surface area contributed by atoms with Crippen LogP contribution in [-0.4, -0.2) is 49.0 Å². The summed E-state index contributed by atoms with van der Waals surface area (Å²) in [6.07, 6.45) is 1.26. The van der Waals surface area contributed by atoms with Crippen LogP contribution in [0.1, 0.15) is 40.7 Å². The Bertz CT molecular complexity index is 872. The van der Waals surface area contributed by atoms with E-state index in [1.165, 1.54) is 21.3 Å². The van der Waals surface area contributed by atoms with E-state index >= 15 is 0 Å². The fraction of sp³-hybridized carbons (Fsp3) is 0.450. The van der Waals surface area contributed by atoms with E-state index in [0.717, 1.165) is 12.8 Å². The number of benzene rings is 1.